The van der Waals surface area contributed by atoms with Gasteiger partial charge in [-0.2, -0.15) is 0 Å². The minimum atomic E-state index is -1.24. The zero-order valence-electron chi connectivity index (χ0n) is 18.3. The highest BCUT2D eigenvalue weighted by Crippen LogP contribution is 2.29. The lowest BCUT2D eigenvalue weighted by molar-refractivity contribution is 0.0696. The summed E-state index contributed by atoms with van der Waals surface area (Å²) in [6.07, 6.45) is 0.0389. The Hall–Kier alpha value is -2.32. The van der Waals surface area contributed by atoms with E-state index in [0.29, 0.717) is 30.9 Å². The van der Waals surface area contributed by atoms with Crippen molar-refractivity contribution < 1.29 is 24.2 Å². The number of aromatic carboxylic acids is 1. The van der Waals surface area contributed by atoms with E-state index in [9.17, 15) is 14.7 Å². The zero-order valence-corrected chi connectivity index (χ0v) is 20.1. The van der Waals surface area contributed by atoms with Crippen molar-refractivity contribution in [2.45, 2.75) is 45.1 Å². The second-order valence-electron chi connectivity index (χ2n) is 8.54. The number of hydrogen-bond donors (Lipinski definition) is 1. The number of aryl methyl sites for hydroxylation is 1. The molecule has 0 unspecified atom stereocenters. The normalized spacial score (nSPS) is 12.3. The van der Waals surface area contributed by atoms with Gasteiger partial charge >= 0.3 is 12.1 Å². The topological polar surface area (TPSA) is 76.1 Å². The molecule has 164 valence electrons. The lowest BCUT2D eigenvalue weighted by atomic mass is 10.1. The van der Waals surface area contributed by atoms with Gasteiger partial charge < -0.3 is 19.5 Å². The van der Waals surface area contributed by atoms with Crippen molar-refractivity contribution >= 4 is 31.5 Å². The average molecular weight is 450 g/mol. The van der Waals surface area contributed by atoms with E-state index in [4.69, 9.17) is 9.47 Å². The number of carboxylic acid groups (broad SMARTS) is 1. The van der Waals surface area contributed by atoms with E-state index in [-0.39, 0.29) is 17.8 Å². The van der Waals surface area contributed by atoms with E-state index in [1.54, 1.807) is 48.4 Å². The van der Waals surface area contributed by atoms with Gasteiger partial charge in [0.2, 0.25) is 0 Å². The predicted molar refractivity (Wildman–Crippen MR) is 123 cm³/mol. The third-order valence-corrected chi connectivity index (χ3v) is 7.35. The molecule has 0 aliphatic carbocycles. The number of carboxylic acids is 1. The standard InChI is InChI=1S/C22H31NO5SSi/c1-16-15-17(8-9-18(16)21(24)25)28-19(20-7-6-13-29-20)10-11-23(2)22(26)27-12-14-30(3,4)5/h6-9,13,15,19H,10-12,14H2,1-5H3,(H,24,25)/t19-/m0/s1. The molecule has 0 bridgehead atoms. The molecule has 1 aromatic heterocycles. The number of amides is 1. The Kier molecular flexibility index (Phi) is 8.49. The van der Waals surface area contributed by atoms with Gasteiger partial charge in [0, 0.05) is 33.0 Å². The number of thiophene rings is 1. The molecule has 2 rings (SSSR count). The smallest absolute Gasteiger partial charge is 0.409 e. The van der Waals surface area contributed by atoms with Crippen molar-refractivity contribution in [3.05, 3.63) is 51.7 Å². The van der Waals surface area contributed by atoms with Crippen LogP contribution in [0.15, 0.2) is 35.7 Å². The van der Waals surface area contributed by atoms with E-state index in [0.717, 1.165) is 10.9 Å². The molecule has 0 aliphatic rings. The van der Waals surface area contributed by atoms with E-state index in [1.165, 1.54) is 0 Å². The van der Waals surface area contributed by atoms with Crippen LogP contribution >= 0.6 is 11.3 Å². The second kappa shape index (κ2) is 10.6. The van der Waals surface area contributed by atoms with Crippen LogP contribution in [0.5, 0.6) is 5.75 Å². The first kappa shape index (κ1) is 24.0. The quantitative estimate of drug-likeness (QED) is 0.473. The predicted octanol–water partition coefficient (Wildman–Crippen LogP) is 5.67. The molecule has 8 heteroatoms. The van der Waals surface area contributed by atoms with Gasteiger partial charge in [-0.1, -0.05) is 25.7 Å². The third kappa shape index (κ3) is 7.49. The number of hydrogen-bond acceptors (Lipinski definition) is 5. The van der Waals surface area contributed by atoms with Crippen LogP contribution in [0.3, 0.4) is 0 Å². The van der Waals surface area contributed by atoms with Crippen molar-refractivity contribution in [2.75, 3.05) is 20.2 Å². The van der Waals surface area contributed by atoms with Crippen LogP contribution in [0.2, 0.25) is 25.7 Å². The van der Waals surface area contributed by atoms with E-state index < -0.39 is 14.0 Å². The molecule has 0 aliphatic heterocycles. The Morgan fingerprint density at radius 1 is 1.23 bits per heavy atom. The Morgan fingerprint density at radius 2 is 1.97 bits per heavy atom. The summed E-state index contributed by atoms with van der Waals surface area (Å²) in [4.78, 5) is 26.1. The lowest BCUT2D eigenvalue weighted by Crippen LogP contribution is -2.31. The monoisotopic (exact) mass is 449 g/mol. The number of carbonyl (C=O) groups is 2. The molecule has 0 radical (unpaired) electrons. The number of ether oxygens (including phenoxy) is 2. The molecule has 0 saturated carbocycles. The van der Waals surface area contributed by atoms with Gasteiger partial charge in [0.1, 0.15) is 11.9 Å². The van der Waals surface area contributed by atoms with Crippen LogP contribution in [-0.4, -0.2) is 50.3 Å². The molecule has 6 nitrogen and oxygen atoms in total. The SMILES string of the molecule is Cc1cc(O[C@@H](CCN(C)C(=O)OCC[Si](C)(C)C)c2cccs2)ccc1C(=O)O. The van der Waals surface area contributed by atoms with Crippen LogP contribution in [-0.2, 0) is 4.74 Å². The molecule has 1 atom stereocenters. The second-order valence-corrected chi connectivity index (χ2v) is 15.1. The Labute approximate surface area is 183 Å². The lowest BCUT2D eigenvalue weighted by Gasteiger charge is -2.23. The van der Waals surface area contributed by atoms with Crippen molar-refractivity contribution in [3.8, 4) is 5.75 Å². The molecule has 0 saturated heterocycles. The van der Waals surface area contributed by atoms with E-state index in [1.807, 2.05) is 17.5 Å². The van der Waals surface area contributed by atoms with Crippen LogP contribution in [0.25, 0.3) is 0 Å². The molecule has 0 spiro atoms. The van der Waals surface area contributed by atoms with Gasteiger partial charge in [0.05, 0.1) is 12.2 Å². The summed E-state index contributed by atoms with van der Waals surface area (Å²) in [6.45, 7) is 9.44. The molecule has 30 heavy (non-hydrogen) atoms. The molecule has 0 fully saturated rings. The van der Waals surface area contributed by atoms with Gasteiger partial charge in [-0.25, -0.2) is 9.59 Å². The Bertz CT molecular complexity index is 848. The first-order valence-electron chi connectivity index (χ1n) is 9.99. The highest BCUT2D eigenvalue weighted by molar-refractivity contribution is 7.10. The van der Waals surface area contributed by atoms with E-state index >= 15 is 0 Å². The van der Waals surface area contributed by atoms with Crippen molar-refractivity contribution in [2.24, 2.45) is 0 Å². The molecule has 1 aromatic carbocycles. The largest absolute Gasteiger partial charge is 0.485 e. The summed E-state index contributed by atoms with van der Waals surface area (Å²) < 4.78 is 11.6. The minimum Gasteiger partial charge on any atom is -0.485 e. The fourth-order valence-electron chi connectivity index (χ4n) is 2.80. The van der Waals surface area contributed by atoms with Crippen LogP contribution in [0, 0.1) is 6.92 Å². The fraction of sp³-hybridized carbons (Fsp3) is 0.455. The summed E-state index contributed by atoms with van der Waals surface area (Å²) in [7, 11) is 0.488. The third-order valence-electron chi connectivity index (χ3n) is 4.68. The first-order valence-corrected chi connectivity index (χ1v) is 14.6. The Balaban J connectivity index is 1.99. The molecule has 1 heterocycles. The number of benzene rings is 1. The average Bonchev–Trinajstić information content (AvgIpc) is 3.18. The fourth-order valence-corrected chi connectivity index (χ4v) is 4.31. The van der Waals surface area contributed by atoms with Crippen LogP contribution < -0.4 is 4.74 Å². The molecule has 1 N–H and O–H groups in total. The maximum atomic E-state index is 12.3. The maximum absolute atomic E-state index is 12.3. The Morgan fingerprint density at radius 3 is 2.53 bits per heavy atom. The van der Waals surface area contributed by atoms with Crippen molar-refractivity contribution in [1.82, 2.24) is 4.90 Å². The van der Waals surface area contributed by atoms with Gasteiger partial charge in [-0.3, -0.25) is 0 Å². The van der Waals surface area contributed by atoms with Crippen LogP contribution in [0.1, 0.15) is 33.3 Å². The molecule has 2 aromatic rings. The molecular weight excluding hydrogens is 418 g/mol. The van der Waals surface area contributed by atoms with Gasteiger partial charge in [-0.15, -0.1) is 11.3 Å². The molecular formula is C22H31NO5SSi. The molecule has 1 amide bonds. The number of rotatable bonds is 10. The summed E-state index contributed by atoms with van der Waals surface area (Å²) in [5.74, 6) is -0.348. The van der Waals surface area contributed by atoms with Gasteiger partial charge in [0.15, 0.2) is 0 Å². The summed E-state index contributed by atoms with van der Waals surface area (Å²) in [6, 6.07) is 9.87. The zero-order chi connectivity index (χ0) is 22.3. The summed E-state index contributed by atoms with van der Waals surface area (Å²) in [5, 5.41) is 11.2. The minimum absolute atomic E-state index is 0.239. The first-order chi connectivity index (χ1) is 14.1. The maximum Gasteiger partial charge on any atom is 0.409 e. The highest BCUT2D eigenvalue weighted by atomic mass is 32.1. The van der Waals surface area contributed by atoms with Crippen LogP contribution in [0.4, 0.5) is 4.79 Å². The van der Waals surface area contributed by atoms with E-state index in [2.05, 4.69) is 19.6 Å². The van der Waals surface area contributed by atoms with Gasteiger partial charge in [0.25, 0.3) is 0 Å². The summed E-state index contributed by atoms with van der Waals surface area (Å²) in [5.41, 5.74) is 0.906. The van der Waals surface area contributed by atoms with Gasteiger partial charge in [-0.05, 0) is 48.2 Å². The summed E-state index contributed by atoms with van der Waals surface area (Å²) >= 11 is 1.59. The number of carbonyl (C=O) groups excluding carboxylic acids is 1. The highest BCUT2D eigenvalue weighted by Gasteiger charge is 2.20. The van der Waals surface area contributed by atoms with Crippen molar-refractivity contribution in [1.29, 1.82) is 0 Å². The van der Waals surface area contributed by atoms with Crippen molar-refractivity contribution in [3.63, 3.8) is 0 Å². The number of nitrogens with zero attached hydrogens (tertiary/aromatic N) is 1.